The monoisotopic (exact) mass is 1730 g/mol. The third-order valence-electron chi connectivity index (χ3n) is 26.7. The summed E-state index contributed by atoms with van der Waals surface area (Å²) in [5.74, 6) is 3.18. The highest BCUT2D eigenvalue weighted by Crippen LogP contribution is 2.48. The number of rotatable bonds is 23. The standard InChI is InChI=1S/C126H106N8/c1-79(2)103-43-29-44-104(80(3)4)123(103)133-85(11)83(9)131-125(133)93-61-53-89(54-62-93)109-33-15-21-39-115(109)99-72-100(116-40-22-16-34-110(116)90-55-63-94(64-56-90)126-132-84(10)86(12)134(126)124-105(81(5)6)45-30-46-106(124)82(7)8)76-102(75-99)118-42-24-18-36-112(118)96-66-68-122(130-78-96)121-67-65-95(77-129-121)111-35-17-23-41-117(111)101-73-97(113-37-19-13-31-107(113)87-49-57-91(58-50-87)119-47-25-27-69-127-119)71-98(74-101)114-38-20-14-32-108(114)88-51-59-92(60-52-88)120-48-26-28-70-128-120/h13-82H,1-12H3. The van der Waals surface area contributed by atoms with Gasteiger partial charge in [-0.2, -0.15) is 0 Å². The molecule has 134 heavy (non-hydrogen) atoms. The molecule has 0 radical (unpaired) electrons. The van der Waals surface area contributed by atoms with Crippen LogP contribution in [0.25, 0.3) is 202 Å². The van der Waals surface area contributed by atoms with Gasteiger partial charge in [-0.15, -0.1) is 0 Å². The lowest BCUT2D eigenvalue weighted by Crippen LogP contribution is -2.09. The molecular weight excluding hydrogens is 1630 g/mol. The Hall–Kier alpha value is -15.9. The van der Waals surface area contributed by atoms with Crippen LogP contribution in [0.15, 0.2) is 401 Å². The van der Waals surface area contributed by atoms with E-state index in [-0.39, 0.29) is 0 Å². The van der Waals surface area contributed by atoms with Crippen molar-refractivity contribution in [2.45, 2.75) is 107 Å². The molecule has 0 aliphatic heterocycles. The summed E-state index contributed by atoms with van der Waals surface area (Å²) in [4.78, 5) is 30.6. The smallest absolute Gasteiger partial charge is 0.145 e. The molecule has 0 aliphatic rings. The average Bonchev–Trinajstić information content (AvgIpc) is 1.45. The average molecular weight is 1730 g/mol. The Morgan fingerprint density at radius 2 is 0.403 bits per heavy atom. The van der Waals surface area contributed by atoms with Crippen molar-refractivity contribution < 1.29 is 0 Å². The van der Waals surface area contributed by atoms with Gasteiger partial charge < -0.3 is 0 Å². The van der Waals surface area contributed by atoms with Crippen molar-refractivity contribution in [3.63, 3.8) is 0 Å². The van der Waals surface area contributed by atoms with Gasteiger partial charge in [0, 0.05) is 69.6 Å². The molecule has 0 amide bonds. The molecule has 650 valence electrons. The maximum absolute atomic E-state index is 5.35. The van der Waals surface area contributed by atoms with E-state index in [4.69, 9.17) is 19.9 Å². The number of para-hydroxylation sites is 2. The molecule has 8 nitrogen and oxygen atoms in total. The van der Waals surface area contributed by atoms with Gasteiger partial charge in [-0.1, -0.05) is 359 Å². The van der Waals surface area contributed by atoms with Crippen molar-refractivity contribution in [1.82, 2.24) is 39.0 Å². The highest BCUT2D eigenvalue weighted by Gasteiger charge is 2.28. The zero-order chi connectivity index (χ0) is 91.8. The molecule has 0 spiro atoms. The minimum absolute atomic E-state index is 0.320. The first-order chi connectivity index (χ1) is 65.4. The van der Waals surface area contributed by atoms with Crippen molar-refractivity contribution >= 4 is 0 Å². The largest absolute Gasteiger partial charge is 0.296 e. The Balaban J connectivity index is 0.658. The lowest BCUT2D eigenvalue weighted by Gasteiger charge is -2.23. The molecule has 8 heteroatoms. The minimum Gasteiger partial charge on any atom is -0.296 e. The van der Waals surface area contributed by atoms with E-state index >= 15 is 0 Å². The summed E-state index contributed by atoms with van der Waals surface area (Å²) >= 11 is 0. The quantitative estimate of drug-likeness (QED) is 0.0634. The summed E-state index contributed by atoms with van der Waals surface area (Å²) in [6.45, 7) is 27.0. The molecule has 14 aromatic carbocycles. The zero-order valence-corrected chi connectivity index (χ0v) is 78.0. The summed E-state index contributed by atoms with van der Waals surface area (Å²) in [6.07, 6.45) is 7.71. The molecule has 0 atom stereocenters. The van der Waals surface area contributed by atoms with Crippen LogP contribution in [-0.2, 0) is 0 Å². The van der Waals surface area contributed by atoms with Gasteiger partial charge in [-0.05, 0) is 269 Å². The molecule has 0 saturated heterocycles. The lowest BCUT2D eigenvalue weighted by atomic mass is 9.86. The van der Waals surface area contributed by atoms with Gasteiger partial charge in [0.2, 0.25) is 0 Å². The third-order valence-corrected chi connectivity index (χ3v) is 26.7. The Labute approximate surface area is 788 Å². The van der Waals surface area contributed by atoms with Crippen LogP contribution < -0.4 is 0 Å². The Kier molecular flexibility index (Phi) is 23.9. The normalized spacial score (nSPS) is 11.6. The SMILES string of the molecule is Cc1nc(-c2ccc(-c3ccccc3-c3cc(-c4ccccc4-c4ccc(-c5nc(C)c(C)n5-c5c(C(C)C)cccc5C(C)C)cc4)cc(-c4ccccc4-c4ccc(-c5ccc(-c6ccccc6-c6cc(-c7ccccc7-c7ccc(-c8ccccn8)cc7)cc(-c7ccccc7-c7ccc(-c8ccccn8)cc7)c6)cn5)nc4)c3)cc2)n(-c2c(C(C)C)cccc2C(C)C)c1C. The van der Waals surface area contributed by atoms with Crippen LogP contribution in [0.1, 0.15) is 124 Å². The molecule has 6 heterocycles. The molecule has 20 rings (SSSR count). The molecule has 20 aromatic rings. The van der Waals surface area contributed by atoms with Crippen LogP contribution in [0.5, 0.6) is 0 Å². The van der Waals surface area contributed by atoms with E-state index in [0.717, 1.165) is 213 Å². The number of hydrogen-bond acceptors (Lipinski definition) is 6. The zero-order valence-electron chi connectivity index (χ0n) is 78.0. The molecule has 0 fully saturated rings. The van der Waals surface area contributed by atoms with E-state index in [0.29, 0.717) is 23.7 Å². The number of aromatic nitrogens is 8. The second-order valence-electron chi connectivity index (χ2n) is 36.5. The first kappa shape index (κ1) is 86.2. The van der Waals surface area contributed by atoms with Crippen LogP contribution in [0.2, 0.25) is 0 Å². The lowest BCUT2D eigenvalue weighted by molar-refractivity contribution is 0.801. The van der Waals surface area contributed by atoms with Gasteiger partial charge in [0.1, 0.15) is 11.6 Å². The predicted molar refractivity (Wildman–Crippen MR) is 560 cm³/mol. The van der Waals surface area contributed by atoms with Crippen molar-refractivity contribution in [3.8, 4) is 202 Å². The first-order valence-corrected chi connectivity index (χ1v) is 46.9. The Morgan fingerprint density at radius 1 is 0.187 bits per heavy atom. The highest BCUT2D eigenvalue weighted by atomic mass is 15.1. The number of aryl methyl sites for hydroxylation is 2. The second-order valence-corrected chi connectivity index (χ2v) is 36.5. The minimum atomic E-state index is 0.320. The van der Waals surface area contributed by atoms with Gasteiger partial charge in [0.25, 0.3) is 0 Å². The van der Waals surface area contributed by atoms with Crippen molar-refractivity contribution in [1.29, 1.82) is 0 Å². The number of hydrogen-bond donors (Lipinski definition) is 0. The predicted octanol–water partition coefficient (Wildman–Crippen LogP) is 33.7. The van der Waals surface area contributed by atoms with E-state index in [1.165, 1.54) is 33.6 Å². The van der Waals surface area contributed by atoms with Crippen molar-refractivity contribution in [2.75, 3.05) is 0 Å². The number of benzene rings is 14. The molecular formula is C126H106N8. The fourth-order valence-electron chi connectivity index (χ4n) is 19.5. The van der Waals surface area contributed by atoms with Crippen LogP contribution >= 0.6 is 0 Å². The van der Waals surface area contributed by atoms with Crippen molar-refractivity contribution in [3.05, 3.63) is 446 Å². The van der Waals surface area contributed by atoms with Gasteiger partial charge in [0.15, 0.2) is 0 Å². The van der Waals surface area contributed by atoms with Crippen LogP contribution in [0, 0.1) is 27.7 Å². The fourth-order valence-corrected chi connectivity index (χ4v) is 19.5. The number of nitrogens with zero attached hydrogens (tertiary/aromatic N) is 8. The third kappa shape index (κ3) is 16.9. The summed E-state index contributed by atoms with van der Waals surface area (Å²) in [7, 11) is 0. The fraction of sp³-hybridized carbons (Fsp3) is 0.127. The van der Waals surface area contributed by atoms with E-state index in [1.807, 2.05) is 49.1 Å². The highest BCUT2D eigenvalue weighted by molar-refractivity contribution is 5.98. The van der Waals surface area contributed by atoms with Crippen molar-refractivity contribution in [2.24, 2.45) is 0 Å². The number of pyridine rings is 4. The van der Waals surface area contributed by atoms with E-state index in [9.17, 15) is 0 Å². The summed E-state index contributed by atoms with van der Waals surface area (Å²) in [6, 6.07) is 137. The summed E-state index contributed by atoms with van der Waals surface area (Å²) < 4.78 is 4.84. The van der Waals surface area contributed by atoms with E-state index < -0.39 is 0 Å². The Bertz CT molecular complexity index is 7290. The van der Waals surface area contributed by atoms with E-state index in [2.05, 4.69) is 454 Å². The van der Waals surface area contributed by atoms with Crippen LogP contribution in [-0.4, -0.2) is 39.0 Å². The molecule has 0 bridgehead atoms. The van der Waals surface area contributed by atoms with Crippen LogP contribution in [0.4, 0.5) is 0 Å². The molecule has 0 unspecified atom stereocenters. The Morgan fingerprint density at radius 3 is 0.627 bits per heavy atom. The number of imidazole rings is 2. The van der Waals surface area contributed by atoms with Gasteiger partial charge in [-0.25, -0.2) is 9.97 Å². The second kappa shape index (κ2) is 37.2. The maximum atomic E-state index is 5.35. The molecule has 0 aliphatic carbocycles. The summed E-state index contributed by atoms with van der Waals surface area (Å²) in [5.41, 5.74) is 46.1. The maximum Gasteiger partial charge on any atom is 0.145 e. The molecule has 6 aromatic heterocycles. The van der Waals surface area contributed by atoms with Gasteiger partial charge in [-0.3, -0.25) is 29.1 Å². The molecule has 0 saturated carbocycles. The van der Waals surface area contributed by atoms with Gasteiger partial charge in [0.05, 0.1) is 45.5 Å². The topological polar surface area (TPSA) is 87.2 Å². The first-order valence-electron chi connectivity index (χ1n) is 46.9. The van der Waals surface area contributed by atoms with E-state index in [1.54, 1.807) is 0 Å². The molecule has 0 N–H and O–H groups in total. The summed E-state index contributed by atoms with van der Waals surface area (Å²) in [5, 5.41) is 0. The van der Waals surface area contributed by atoms with Gasteiger partial charge >= 0.3 is 0 Å². The van der Waals surface area contributed by atoms with Crippen LogP contribution in [0.3, 0.4) is 0 Å².